The van der Waals surface area contributed by atoms with Crippen LogP contribution < -0.4 is 5.32 Å². The van der Waals surface area contributed by atoms with Gasteiger partial charge in [0.15, 0.2) is 0 Å². The Morgan fingerprint density at radius 3 is 2.60 bits per heavy atom. The van der Waals surface area contributed by atoms with Gasteiger partial charge in [-0.2, -0.15) is 13.2 Å². The molecule has 1 heterocycles. The first-order chi connectivity index (χ1) is 9.38. The molecule has 0 bridgehead atoms. The molecule has 20 heavy (non-hydrogen) atoms. The maximum absolute atomic E-state index is 12.5. The van der Waals surface area contributed by atoms with Gasteiger partial charge in [-0.3, -0.25) is 10.1 Å². The van der Waals surface area contributed by atoms with Gasteiger partial charge < -0.3 is 9.73 Å². The molecule has 2 aromatic rings. The molecule has 0 radical (unpaired) electrons. The van der Waals surface area contributed by atoms with Crippen molar-refractivity contribution in [1.82, 2.24) is 0 Å². The molecule has 0 atom stereocenters. The van der Waals surface area contributed by atoms with E-state index < -0.39 is 22.4 Å². The van der Waals surface area contributed by atoms with Crippen molar-refractivity contribution in [3.63, 3.8) is 0 Å². The number of hydrogen-bond donors (Lipinski definition) is 1. The first-order valence-corrected chi connectivity index (χ1v) is 5.48. The third-order valence-corrected chi connectivity index (χ3v) is 2.58. The van der Waals surface area contributed by atoms with E-state index in [1.54, 1.807) is 6.07 Å². The normalized spacial score (nSPS) is 11.3. The van der Waals surface area contributed by atoms with Crippen molar-refractivity contribution in [3.8, 4) is 0 Å². The lowest BCUT2D eigenvalue weighted by atomic mass is 10.1. The molecule has 106 valence electrons. The van der Waals surface area contributed by atoms with E-state index in [0.717, 1.165) is 17.7 Å². The number of nitro groups is 1. The van der Waals surface area contributed by atoms with Crippen LogP contribution in [-0.2, 0) is 12.7 Å². The number of nitro benzene ring substituents is 1. The smallest absolute Gasteiger partial charge is 0.416 e. The molecular formula is C12H9F3N2O3. The molecule has 0 aliphatic carbocycles. The molecule has 1 N–H and O–H groups in total. The standard InChI is InChI=1S/C12H9F3N2O3/c13-12(14,15)9-1-2-10(11(5-9)17(18)19)16-6-8-3-4-20-7-8/h1-5,7,16H,6H2. The number of halogens is 3. The van der Waals surface area contributed by atoms with Gasteiger partial charge >= 0.3 is 6.18 Å². The molecule has 0 saturated heterocycles. The summed E-state index contributed by atoms with van der Waals surface area (Å²) in [6, 6.07) is 3.99. The molecule has 8 heteroatoms. The molecule has 0 fully saturated rings. The number of nitrogens with one attached hydrogen (secondary N) is 1. The predicted octanol–water partition coefficient (Wildman–Crippen LogP) is 3.82. The van der Waals surface area contributed by atoms with Crippen molar-refractivity contribution in [1.29, 1.82) is 0 Å². The summed E-state index contributed by atoms with van der Waals surface area (Å²) in [5.41, 5.74) is -0.940. The van der Waals surface area contributed by atoms with Crippen LogP contribution in [0, 0.1) is 10.1 Å². The van der Waals surface area contributed by atoms with E-state index in [0.29, 0.717) is 6.07 Å². The number of alkyl halides is 3. The third-order valence-electron chi connectivity index (χ3n) is 2.58. The van der Waals surface area contributed by atoms with Crippen LogP contribution in [0.5, 0.6) is 0 Å². The average Bonchev–Trinajstić information content (AvgIpc) is 2.88. The minimum absolute atomic E-state index is 0.0178. The van der Waals surface area contributed by atoms with Crippen molar-refractivity contribution in [3.05, 3.63) is 58.0 Å². The van der Waals surface area contributed by atoms with E-state index in [-0.39, 0.29) is 12.2 Å². The third kappa shape index (κ3) is 3.08. The van der Waals surface area contributed by atoms with Gasteiger partial charge in [0, 0.05) is 18.2 Å². The Morgan fingerprint density at radius 1 is 1.30 bits per heavy atom. The summed E-state index contributed by atoms with van der Waals surface area (Å²) in [5.74, 6) is 0. The SMILES string of the molecule is O=[N+]([O-])c1cc(C(F)(F)F)ccc1NCc1ccoc1. The molecule has 0 aliphatic heterocycles. The molecule has 0 unspecified atom stereocenters. The van der Waals surface area contributed by atoms with E-state index in [1.165, 1.54) is 12.5 Å². The zero-order valence-electron chi connectivity index (χ0n) is 9.98. The molecule has 0 saturated carbocycles. The highest BCUT2D eigenvalue weighted by Gasteiger charge is 2.32. The molecule has 0 aliphatic rings. The number of anilines is 1. The fourth-order valence-electron chi connectivity index (χ4n) is 1.60. The summed E-state index contributed by atoms with van der Waals surface area (Å²) >= 11 is 0. The highest BCUT2D eigenvalue weighted by molar-refractivity contribution is 5.63. The molecule has 0 spiro atoms. The summed E-state index contributed by atoms with van der Waals surface area (Å²) in [7, 11) is 0. The number of hydrogen-bond acceptors (Lipinski definition) is 4. The second kappa shape index (κ2) is 5.24. The minimum atomic E-state index is -4.62. The maximum atomic E-state index is 12.5. The fraction of sp³-hybridized carbons (Fsp3) is 0.167. The Kier molecular flexibility index (Phi) is 3.64. The zero-order valence-corrected chi connectivity index (χ0v) is 9.98. The fourth-order valence-corrected chi connectivity index (χ4v) is 1.60. The zero-order chi connectivity index (χ0) is 14.8. The molecule has 1 aromatic carbocycles. The highest BCUT2D eigenvalue weighted by atomic mass is 19.4. The Hall–Kier alpha value is -2.51. The number of benzene rings is 1. The topological polar surface area (TPSA) is 68.3 Å². The Morgan fingerprint density at radius 2 is 2.05 bits per heavy atom. The molecule has 1 aromatic heterocycles. The van der Waals surface area contributed by atoms with E-state index in [9.17, 15) is 23.3 Å². The number of rotatable bonds is 4. The van der Waals surface area contributed by atoms with Crippen LogP contribution in [-0.4, -0.2) is 4.92 Å². The van der Waals surface area contributed by atoms with E-state index in [2.05, 4.69) is 5.32 Å². The summed E-state index contributed by atoms with van der Waals surface area (Å²) in [6.07, 6.45) is -1.76. The second-order valence-electron chi connectivity index (χ2n) is 3.97. The first kappa shape index (κ1) is 13.9. The van der Waals surface area contributed by atoms with Gasteiger partial charge in [-0.15, -0.1) is 0 Å². The van der Waals surface area contributed by atoms with Gasteiger partial charge in [-0.05, 0) is 18.2 Å². The Balaban J connectivity index is 2.26. The van der Waals surface area contributed by atoms with Crippen molar-refractivity contribution >= 4 is 11.4 Å². The quantitative estimate of drug-likeness (QED) is 0.685. The summed E-state index contributed by atoms with van der Waals surface area (Å²) in [5, 5.41) is 13.5. The monoisotopic (exact) mass is 286 g/mol. The van der Waals surface area contributed by atoms with E-state index in [4.69, 9.17) is 4.42 Å². The summed E-state index contributed by atoms with van der Waals surface area (Å²) < 4.78 is 42.4. The van der Waals surface area contributed by atoms with Crippen molar-refractivity contribution < 1.29 is 22.5 Å². The van der Waals surface area contributed by atoms with Gasteiger partial charge in [-0.25, -0.2) is 0 Å². The van der Waals surface area contributed by atoms with Crippen LogP contribution >= 0.6 is 0 Å². The average molecular weight is 286 g/mol. The van der Waals surface area contributed by atoms with Crippen LogP contribution in [0.2, 0.25) is 0 Å². The van der Waals surface area contributed by atoms with Crippen molar-refractivity contribution in [2.24, 2.45) is 0 Å². The summed E-state index contributed by atoms with van der Waals surface area (Å²) in [6.45, 7) is 0.211. The molecule has 2 rings (SSSR count). The van der Waals surface area contributed by atoms with Crippen LogP contribution in [0.1, 0.15) is 11.1 Å². The summed E-state index contributed by atoms with van der Waals surface area (Å²) in [4.78, 5) is 9.99. The number of nitrogens with zero attached hydrogens (tertiary/aromatic N) is 1. The van der Waals surface area contributed by atoms with E-state index in [1.807, 2.05) is 0 Å². The van der Waals surface area contributed by atoms with Crippen molar-refractivity contribution in [2.45, 2.75) is 12.7 Å². The largest absolute Gasteiger partial charge is 0.472 e. The second-order valence-corrected chi connectivity index (χ2v) is 3.97. The van der Waals surface area contributed by atoms with E-state index >= 15 is 0 Å². The Bertz CT molecular complexity index is 609. The molecular weight excluding hydrogens is 277 g/mol. The van der Waals surface area contributed by atoms with Gasteiger partial charge in [0.05, 0.1) is 23.0 Å². The van der Waals surface area contributed by atoms with Crippen molar-refractivity contribution in [2.75, 3.05) is 5.32 Å². The first-order valence-electron chi connectivity index (χ1n) is 5.48. The van der Waals surface area contributed by atoms with Gasteiger partial charge in [0.1, 0.15) is 5.69 Å². The van der Waals surface area contributed by atoms with Gasteiger partial charge in [-0.1, -0.05) is 0 Å². The lowest BCUT2D eigenvalue weighted by Crippen LogP contribution is -2.08. The van der Waals surface area contributed by atoms with Crippen LogP contribution in [0.3, 0.4) is 0 Å². The van der Waals surface area contributed by atoms with Gasteiger partial charge in [0.25, 0.3) is 5.69 Å². The Labute approximate surface area is 111 Å². The molecule has 5 nitrogen and oxygen atoms in total. The molecule has 0 amide bonds. The highest BCUT2D eigenvalue weighted by Crippen LogP contribution is 2.35. The lowest BCUT2D eigenvalue weighted by molar-refractivity contribution is -0.384. The van der Waals surface area contributed by atoms with Crippen LogP contribution in [0.15, 0.2) is 41.2 Å². The number of furan rings is 1. The van der Waals surface area contributed by atoms with Gasteiger partial charge in [0.2, 0.25) is 0 Å². The minimum Gasteiger partial charge on any atom is -0.472 e. The lowest BCUT2D eigenvalue weighted by Gasteiger charge is -2.10. The van der Waals surface area contributed by atoms with Crippen LogP contribution in [0.4, 0.5) is 24.5 Å². The van der Waals surface area contributed by atoms with Crippen LogP contribution in [0.25, 0.3) is 0 Å². The maximum Gasteiger partial charge on any atom is 0.416 e. The predicted molar refractivity (Wildman–Crippen MR) is 64.1 cm³/mol.